The smallest absolute Gasteiger partial charge is 0.236 e. The van der Waals surface area contributed by atoms with Gasteiger partial charge >= 0.3 is 0 Å². The summed E-state index contributed by atoms with van der Waals surface area (Å²) in [5.74, 6) is -0.122. The highest BCUT2D eigenvalue weighted by molar-refractivity contribution is 5.84. The fraction of sp³-hybridized carbons (Fsp3) is 0.778. The molecule has 12 heavy (non-hydrogen) atoms. The first-order valence-corrected chi connectivity index (χ1v) is 4.11. The molecule has 70 valence electrons. The van der Waals surface area contributed by atoms with E-state index in [2.05, 4.69) is 31.3 Å². The van der Waals surface area contributed by atoms with Gasteiger partial charge in [0, 0.05) is 12.6 Å². The van der Waals surface area contributed by atoms with Crippen molar-refractivity contribution in [3.63, 3.8) is 0 Å². The third-order valence-corrected chi connectivity index (χ3v) is 1.19. The van der Waals surface area contributed by atoms with Gasteiger partial charge in [-0.2, -0.15) is 5.10 Å². The second-order valence-corrected chi connectivity index (χ2v) is 4.25. The van der Waals surface area contributed by atoms with Crippen molar-refractivity contribution in [3.8, 4) is 0 Å². The van der Waals surface area contributed by atoms with Crippen LogP contribution in [0.4, 0.5) is 0 Å². The molecule has 0 unspecified atom stereocenters. The van der Waals surface area contributed by atoms with Crippen molar-refractivity contribution in [1.29, 1.82) is 0 Å². The second kappa shape index (κ2) is 4.24. The molecular weight excluding hydrogens is 152 g/mol. The average Bonchev–Trinajstić information content (AvgIpc) is 1.79. The Hall–Kier alpha value is -0.860. The highest BCUT2D eigenvalue weighted by Gasteiger charge is 2.11. The lowest BCUT2D eigenvalue weighted by atomic mass is 9.90. The fourth-order valence-electron chi connectivity index (χ4n) is 0.981. The predicted octanol–water partition coefficient (Wildman–Crippen LogP) is 1.93. The van der Waals surface area contributed by atoms with E-state index in [9.17, 15) is 4.79 Å². The molecule has 0 aliphatic carbocycles. The number of rotatable bonds is 2. The van der Waals surface area contributed by atoms with E-state index in [-0.39, 0.29) is 11.3 Å². The molecule has 0 fully saturated rings. The molecule has 0 spiro atoms. The molecule has 0 bridgehead atoms. The zero-order valence-corrected chi connectivity index (χ0v) is 8.56. The number of hydrogen-bond donors (Lipinski definition) is 1. The van der Waals surface area contributed by atoms with Gasteiger partial charge in [-0.1, -0.05) is 20.8 Å². The number of carbonyl (C=O) groups excluding carboxylic acids is 1. The van der Waals surface area contributed by atoms with Crippen LogP contribution in [0.1, 0.15) is 41.0 Å². The minimum absolute atomic E-state index is 0.122. The van der Waals surface area contributed by atoms with Crippen LogP contribution in [0.5, 0.6) is 0 Å². The first kappa shape index (κ1) is 11.1. The highest BCUT2D eigenvalue weighted by Crippen LogP contribution is 2.18. The zero-order valence-electron chi connectivity index (χ0n) is 8.56. The maximum Gasteiger partial charge on any atom is 0.236 e. The van der Waals surface area contributed by atoms with Crippen molar-refractivity contribution in [2.75, 3.05) is 0 Å². The Bertz CT molecular complexity index is 189. The van der Waals surface area contributed by atoms with Crippen LogP contribution in [0.15, 0.2) is 5.10 Å². The Morgan fingerprint density at radius 3 is 2.17 bits per heavy atom. The third-order valence-electron chi connectivity index (χ3n) is 1.19. The Labute approximate surface area is 74.2 Å². The lowest BCUT2D eigenvalue weighted by Gasteiger charge is -2.17. The number of hydrogen-bond acceptors (Lipinski definition) is 2. The largest absolute Gasteiger partial charge is 0.274 e. The molecular formula is C9H18N2O. The van der Waals surface area contributed by atoms with E-state index in [4.69, 9.17) is 0 Å². The van der Waals surface area contributed by atoms with Gasteiger partial charge in [-0.3, -0.25) is 4.79 Å². The van der Waals surface area contributed by atoms with Gasteiger partial charge in [-0.25, -0.2) is 5.43 Å². The van der Waals surface area contributed by atoms with Crippen molar-refractivity contribution in [2.24, 2.45) is 10.5 Å². The molecule has 0 rings (SSSR count). The van der Waals surface area contributed by atoms with E-state index in [1.165, 1.54) is 6.92 Å². The summed E-state index contributed by atoms with van der Waals surface area (Å²) in [6.07, 6.45) is 0.896. The summed E-state index contributed by atoms with van der Waals surface area (Å²) in [6, 6.07) is 0. The molecule has 0 aromatic carbocycles. The Balaban J connectivity index is 3.95. The van der Waals surface area contributed by atoms with Gasteiger partial charge in [0.05, 0.1) is 0 Å². The Morgan fingerprint density at radius 1 is 1.33 bits per heavy atom. The molecule has 0 radical (unpaired) electrons. The number of amides is 1. The van der Waals surface area contributed by atoms with E-state index in [1.54, 1.807) is 0 Å². The number of nitrogens with one attached hydrogen (secondary N) is 1. The fourth-order valence-corrected chi connectivity index (χ4v) is 0.981. The van der Waals surface area contributed by atoms with E-state index in [1.807, 2.05) is 6.92 Å². The third kappa shape index (κ3) is 7.25. The summed E-state index contributed by atoms with van der Waals surface area (Å²) in [6.45, 7) is 9.79. The van der Waals surface area contributed by atoms with Crippen LogP contribution in [0.2, 0.25) is 0 Å². The van der Waals surface area contributed by atoms with Gasteiger partial charge in [0.2, 0.25) is 5.91 Å². The number of nitrogens with zero attached hydrogens (tertiary/aromatic N) is 1. The quantitative estimate of drug-likeness (QED) is 0.499. The summed E-state index contributed by atoms with van der Waals surface area (Å²) >= 11 is 0. The van der Waals surface area contributed by atoms with Gasteiger partial charge < -0.3 is 0 Å². The number of hydrazone groups is 1. The van der Waals surface area contributed by atoms with Gasteiger partial charge in [0.25, 0.3) is 0 Å². The topological polar surface area (TPSA) is 41.5 Å². The van der Waals surface area contributed by atoms with Crippen LogP contribution in [0.25, 0.3) is 0 Å². The Kier molecular flexibility index (Phi) is 3.93. The van der Waals surface area contributed by atoms with Crippen LogP contribution < -0.4 is 5.43 Å². The minimum atomic E-state index is -0.122. The summed E-state index contributed by atoms with van der Waals surface area (Å²) in [5, 5.41) is 3.93. The molecule has 1 N–H and O–H groups in total. The zero-order chi connectivity index (χ0) is 9.78. The van der Waals surface area contributed by atoms with Gasteiger partial charge in [-0.15, -0.1) is 0 Å². The summed E-state index contributed by atoms with van der Waals surface area (Å²) in [4.78, 5) is 10.5. The van der Waals surface area contributed by atoms with Gasteiger partial charge in [0.15, 0.2) is 0 Å². The van der Waals surface area contributed by atoms with Crippen molar-refractivity contribution in [1.82, 2.24) is 5.43 Å². The highest BCUT2D eigenvalue weighted by atomic mass is 16.2. The lowest BCUT2D eigenvalue weighted by molar-refractivity contribution is -0.118. The molecule has 3 nitrogen and oxygen atoms in total. The van der Waals surface area contributed by atoms with E-state index < -0.39 is 0 Å². The van der Waals surface area contributed by atoms with Crippen molar-refractivity contribution < 1.29 is 4.79 Å². The van der Waals surface area contributed by atoms with Crippen molar-refractivity contribution >= 4 is 11.6 Å². The molecule has 0 aromatic rings. The van der Waals surface area contributed by atoms with E-state index >= 15 is 0 Å². The minimum Gasteiger partial charge on any atom is -0.274 e. The maximum absolute atomic E-state index is 10.5. The predicted molar refractivity (Wildman–Crippen MR) is 51.0 cm³/mol. The van der Waals surface area contributed by atoms with E-state index in [0.29, 0.717) is 0 Å². The van der Waals surface area contributed by atoms with Crippen LogP contribution in [-0.2, 0) is 4.79 Å². The van der Waals surface area contributed by atoms with Gasteiger partial charge in [-0.05, 0) is 18.8 Å². The lowest BCUT2D eigenvalue weighted by Crippen LogP contribution is -2.17. The maximum atomic E-state index is 10.5. The van der Waals surface area contributed by atoms with E-state index in [0.717, 1.165) is 12.1 Å². The molecule has 1 amide bonds. The van der Waals surface area contributed by atoms with Crippen LogP contribution >= 0.6 is 0 Å². The number of carbonyl (C=O) groups is 1. The Morgan fingerprint density at radius 2 is 1.83 bits per heavy atom. The monoisotopic (exact) mass is 170 g/mol. The van der Waals surface area contributed by atoms with Crippen LogP contribution in [0, 0.1) is 5.41 Å². The first-order valence-electron chi connectivity index (χ1n) is 4.11. The van der Waals surface area contributed by atoms with Crippen LogP contribution in [0.3, 0.4) is 0 Å². The summed E-state index contributed by atoms with van der Waals surface area (Å²) < 4.78 is 0. The molecule has 0 atom stereocenters. The molecule has 3 heteroatoms. The molecule has 0 aromatic heterocycles. The second-order valence-electron chi connectivity index (χ2n) is 4.25. The van der Waals surface area contributed by atoms with Crippen molar-refractivity contribution in [2.45, 2.75) is 41.0 Å². The average molecular weight is 170 g/mol. The van der Waals surface area contributed by atoms with Crippen LogP contribution in [-0.4, -0.2) is 11.6 Å². The molecule has 0 saturated carbocycles. The molecule has 0 aliphatic rings. The molecule has 0 saturated heterocycles. The standard InChI is InChI=1S/C9H18N2O/c1-7(6-9(3,4)5)10-11-8(2)12/h6H2,1-5H3,(H,11,12). The SMILES string of the molecule is CC(=O)NN=C(C)CC(C)(C)C. The normalized spacial score (nSPS) is 12.9. The first-order chi connectivity index (χ1) is 5.31. The van der Waals surface area contributed by atoms with Crippen molar-refractivity contribution in [3.05, 3.63) is 0 Å². The van der Waals surface area contributed by atoms with Gasteiger partial charge in [0.1, 0.15) is 0 Å². The molecule has 0 heterocycles. The summed E-state index contributed by atoms with van der Waals surface area (Å²) in [5.41, 5.74) is 3.60. The molecule has 0 aliphatic heterocycles. The summed E-state index contributed by atoms with van der Waals surface area (Å²) in [7, 11) is 0.